The molecule has 0 radical (unpaired) electrons. The third kappa shape index (κ3) is 7.40. The molecule has 3 rings (SSSR count). The molecule has 1 heterocycles. The summed E-state index contributed by atoms with van der Waals surface area (Å²) in [5.74, 6) is 0.567. The molecule has 0 spiro atoms. The van der Waals surface area contributed by atoms with Crippen molar-refractivity contribution in [1.82, 2.24) is 4.98 Å². The molecule has 1 aliphatic carbocycles. The number of hydrogen-bond donors (Lipinski definition) is 2. The summed E-state index contributed by atoms with van der Waals surface area (Å²) in [4.78, 5) is 12.3. The van der Waals surface area contributed by atoms with Gasteiger partial charge in [0.25, 0.3) is 0 Å². The molecular formula is C17H26N2O2. The van der Waals surface area contributed by atoms with Gasteiger partial charge in [-0.3, -0.25) is 4.79 Å². The maximum atomic E-state index is 9.22. The Balaban J connectivity index is 0.000000187. The van der Waals surface area contributed by atoms with Crippen molar-refractivity contribution < 1.29 is 9.53 Å². The smallest absolute Gasteiger partial charge is 0.214 e. The molecule has 0 bridgehead atoms. The van der Waals surface area contributed by atoms with Crippen LogP contribution in [0.1, 0.15) is 45.4 Å². The third-order valence-corrected chi connectivity index (χ3v) is 3.26. The summed E-state index contributed by atoms with van der Waals surface area (Å²) in [6, 6.07) is 7.98. The largest absolute Gasteiger partial charge is 0.497 e. The number of hydrogen-bond acceptors (Lipinski definition) is 2. The first-order valence-electron chi connectivity index (χ1n) is 7.50. The lowest BCUT2D eigenvalue weighted by molar-refractivity contribution is -0.115. The molecule has 0 atom stereocenters. The summed E-state index contributed by atoms with van der Waals surface area (Å²) in [5.41, 5.74) is 5.62. The van der Waals surface area contributed by atoms with Crippen molar-refractivity contribution in [2.45, 2.75) is 45.4 Å². The van der Waals surface area contributed by atoms with Crippen LogP contribution in [0.2, 0.25) is 0 Å². The van der Waals surface area contributed by atoms with Gasteiger partial charge in [0, 0.05) is 24.0 Å². The topological polar surface area (TPSA) is 68.1 Å². The zero-order valence-corrected chi connectivity index (χ0v) is 13.0. The van der Waals surface area contributed by atoms with Crippen LogP contribution in [0, 0.1) is 0 Å². The van der Waals surface area contributed by atoms with Gasteiger partial charge in [0.1, 0.15) is 5.75 Å². The summed E-state index contributed by atoms with van der Waals surface area (Å²) in [7, 11) is 1.67. The van der Waals surface area contributed by atoms with Crippen LogP contribution in [-0.4, -0.2) is 18.0 Å². The van der Waals surface area contributed by atoms with Crippen molar-refractivity contribution >= 4 is 16.8 Å². The molecule has 0 unspecified atom stereocenters. The van der Waals surface area contributed by atoms with E-state index in [1.165, 1.54) is 50.8 Å². The number of benzene rings is 1. The number of aromatic amines is 1. The molecule has 21 heavy (non-hydrogen) atoms. The Bertz CT molecular complexity index is 515. The number of fused-ring (bicyclic) bond motifs is 1. The van der Waals surface area contributed by atoms with Gasteiger partial charge in [-0.2, -0.15) is 0 Å². The zero-order chi connectivity index (χ0) is 15.5. The lowest BCUT2D eigenvalue weighted by Crippen LogP contribution is -2.01. The van der Waals surface area contributed by atoms with E-state index < -0.39 is 0 Å². The first kappa shape index (κ1) is 17.1. The van der Waals surface area contributed by atoms with Gasteiger partial charge in [-0.25, -0.2) is 0 Å². The maximum absolute atomic E-state index is 9.22. The molecule has 1 aliphatic rings. The lowest BCUT2D eigenvalue weighted by Gasteiger charge is -2.05. The van der Waals surface area contributed by atoms with Crippen LogP contribution >= 0.6 is 0 Å². The molecule has 1 aromatic carbocycles. The number of rotatable bonds is 1. The summed E-state index contributed by atoms with van der Waals surface area (Å²) >= 11 is 0. The van der Waals surface area contributed by atoms with Crippen LogP contribution in [0.5, 0.6) is 5.75 Å². The van der Waals surface area contributed by atoms with Crippen LogP contribution < -0.4 is 10.5 Å². The van der Waals surface area contributed by atoms with Crippen molar-refractivity contribution in [2.24, 2.45) is 5.73 Å². The normalized spacial score (nSPS) is 13.4. The van der Waals surface area contributed by atoms with Crippen molar-refractivity contribution in [3.05, 3.63) is 30.5 Å². The van der Waals surface area contributed by atoms with E-state index in [4.69, 9.17) is 4.74 Å². The van der Waals surface area contributed by atoms with Gasteiger partial charge in [0.2, 0.25) is 5.91 Å². The van der Waals surface area contributed by atoms with E-state index in [1.807, 2.05) is 30.5 Å². The number of amides is 1. The van der Waals surface area contributed by atoms with Crippen LogP contribution in [0.15, 0.2) is 30.5 Å². The Hall–Kier alpha value is -1.97. The van der Waals surface area contributed by atoms with E-state index in [-0.39, 0.29) is 5.91 Å². The minimum atomic E-state index is -0.333. The quantitative estimate of drug-likeness (QED) is 0.833. The number of ether oxygens (including phenoxy) is 1. The number of methoxy groups -OCH3 is 1. The molecule has 4 heteroatoms. The van der Waals surface area contributed by atoms with Gasteiger partial charge >= 0.3 is 0 Å². The van der Waals surface area contributed by atoms with E-state index in [0.29, 0.717) is 0 Å². The minimum Gasteiger partial charge on any atom is -0.497 e. The van der Waals surface area contributed by atoms with Crippen LogP contribution in [0.3, 0.4) is 0 Å². The molecule has 3 N–H and O–H groups in total. The van der Waals surface area contributed by atoms with Crippen LogP contribution in [0.25, 0.3) is 10.9 Å². The number of nitrogens with one attached hydrogen (secondary N) is 1. The summed E-state index contributed by atoms with van der Waals surface area (Å²) in [6.45, 7) is 1.31. The summed E-state index contributed by atoms with van der Waals surface area (Å²) in [6.07, 6.45) is 10.9. The highest BCUT2D eigenvalue weighted by molar-refractivity contribution is 5.80. The van der Waals surface area contributed by atoms with Crippen LogP contribution in [0.4, 0.5) is 0 Å². The molecule has 0 saturated heterocycles. The summed E-state index contributed by atoms with van der Waals surface area (Å²) in [5, 5.41) is 1.18. The monoisotopic (exact) mass is 290 g/mol. The Kier molecular flexibility index (Phi) is 8.02. The Morgan fingerprint density at radius 2 is 1.62 bits per heavy atom. The standard InChI is InChI=1S/C9H9NO.C6H12.C2H5NO/c1-11-8-2-3-9-7(6-8)4-5-10-9;1-2-4-6-5-3-1;1-2(3)4/h2-6,10H,1H3;1-6H2;1H3,(H2,3,4). The van der Waals surface area contributed by atoms with Gasteiger partial charge in [0.05, 0.1) is 7.11 Å². The highest BCUT2D eigenvalue weighted by Crippen LogP contribution is 2.18. The fourth-order valence-electron chi connectivity index (χ4n) is 2.22. The second-order valence-corrected chi connectivity index (χ2v) is 5.16. The molecule has 0 aliphatic heterocycles. The minimum absolute atomic E-state index is 0.333. The Labute approximate surface area is 126 Å². The molecular weight excluding hydrogens is 264 g/mol. The number of nitrogens with two attached hydrogens (primary N) is 1. The zero-order valence-electron chi connectivity index (χ0n) is 13.0. The van der Waals surface area contributed by atoms with Gasteiger partial charge in [-0.05, 0) is 24.3 Å². The number of H-pyrrole nitrogens is 1. The van der Waals surface area contributed by atoms with Gasteiger partial charge in [0.15, 0.2) is 0 Å². The van der Waals surface area contributed by atoms with Crippen molar-refractivity contribution in [1.29, 1.82) is 0 Å². The first-order chi connectivity index (χ1) is 10.1. The predicted molar refractivity (Wildman–Crippen MR) is 87.4 cm³/mol. The molecule has 1 aromatic heterocycles. The lowest BCUT2D eigenvalue weighted by atomic mass is 10.0. The van der Waals surface area contributed by atoms with Gasteiger partial charge < -0.3 is 15.5 Å². The predicted octanol–water partition coefficient (Wildman–Crippen LogP) is 4.01. The average Bonchev–Trinajstić information content (AvgIpc) is 2.96. The van der Waals surface area contributed by atoms with E-state index in [1.54, 1.807) is 7.11 Å². The average molecular weight is 290 g/mol. The highest BCUT2D eigenvalue weighted by atomic mass is 16.5. The first-order valence-corrected chi connectivity index (χ1v) is 7.50. The van der Waals surface area contributed by atoms with E-state index >= 15 is 0 Å². The number of primary amides is 1. The van der Waals surface area contributed by atoms with Gasteiger partial charge in [-0.15, -0.1) is 0 Å². The molecule has 2 aromatic rings. The SMILES string of the molecule is C1CCCCC1.CC(N)=O.COc1ccc2[nH]ccc2c1. The van der Waals surface area contributed by atoms with Crippen molar-refractivity contribution in [2.75, 3.05) is 7.11 Å². The molecule has 4 nitrogen and oxygen atoms in total. The van der Waals surface area contributed by atoms with Crippen molar-refractivity contribution in [3.63, 3.8) is 0 Å². The fraction of sp³-hybridized carbons (Fsp3) is 0.471. The Morgan fingerprint density at radius 1 is 1.10 bits per heavy atom. The van der Waals surface area contributed by atoms with E-state index in [9.17, 15) is 4.79 Å². The summed E-state index contributed by atoms with van der Waals surface area (Å²) < 4.78 is 5.08. The van der Waals surface area contributed by atoms with E-state index in [0.717, 1.165) is 11.3 Å². The molecule has 1 fully saturated rings. The highest BCUT2D eigenvalue weighted by Gasteiger charge is 1.95. The molecule has 116 valence electrons. The second-order valence-electron chi connectivity index (χ2n) is 5.16. The van der Waals surface area contributed by atoms with Gasteiger partial charge in [-0.1, -0.05) is 38.5 Å². The third-order valence-electron chi connectivity index (χ3n) is 3.26. The van der Waals surface area contributed by atoms with E-state index in [2.05, 4.69) is 10.7 Å². The molecule has 1 amide bonds. The Morgan fingerprint density at radius 3 is 2.10 bits per heavy atom. The molecule has 1 saturated carbocycles. The number of carbonyl (C=O) groups is 1. The fourth-order valence-corrected chi connectivity index (χ4v) is 2.22. The maximum Gasteiger partial charge on any atom is 0.214 e. The second kappa shape index (κ2) is 9.86. The number of aromatic nitrogens is 1. The number of carbonyl (C=O) groups excluding carboxylic acids is 1. The van der Waals surface area contributed by atoms with Crippen LogP contribution in [-0.2, 0) is 4.79 Å². The van der Waals surface area contributed by atoms with Crippen molar-refractivity contribution in [3.8, 4) is 5.75 Å².